The highest BCUT2D eigenvalue weighted by Gasteiger charge is 2.30. The van der Waals surface area contributed by atoms with Crippen molar-refractivity contribution in [2.45, 2.75) is 38.5 Å². The number of thiophene rings is 1. The Kier molecular flexibility index (Phi) is 5.39. The maximum absolute atomic E-state index is 11.8. The lowest BCUT2D eigenvalue weighted by molar-refractivity contribution is -0.145. The van der Waals surface area contributed by atoms with Gasteiger partial charge in [0.25, 0.3) is 0 Å². The zero-order chi connectivity index (χ0) is 14.4. The molecule has 1 fully saturated rings. The van der Waals surface area contributed by atoms with Crippen LogP contribution in [0.5, 0.6) is 0 Å². The number of rotatable bonds is 6. The van der Waals surface area contributed by atoms with E-state index in [-0.39, 0.29) is 12.1 Å². The summed E-state index contributed by atoms with van der Waals surface area (Å²) in [4.78, 5) is 13.0. The Morgan fingerprint density at radius 3 is 2.90 bits per heavy atom. The molecule has 1 aliphatic heterocycles. The van der Waals surface area contributed by atoms with Crippen molar-refractivity contribution in [2.75, 3.05) is 19.8 Å². The predicted octanol–water partition coefficient (Wildman–Crippen LogP) is 2.13. The van der Waals surface area contributed by atoms with Gasteiger partial charge in [-0.1, -0.05) is 6.07 Å². The SMILES string of the molecule is C[C@H](Cc1cccs1)NC(=O)NCCC1(C)OCCO1. The number of nitrogens with one attached hydrogen (secondary N) is 2. The van der Waals surface area contributed by atoms with E-state index in [1.165, 1.54) is 4.88 Å². The van der Waals surface area contributed by atoms with E-state index in [9.17, 15) is 4.79 Å². The minimum Gasteiger partial charge on any atom is -0.348 e. The molecule has 2 heterocycles. The number of urea groups is 1. The van der Waals surface area contributed by atoms with Crippen LogP contribution in [0.15, 0.2) is 17.5 Å². The van der Waals surface area contributed by atoms with E-state index in [1.54, 1.807) is 11.3 Å². The van der Waals surface area contributed by atoms with Crippen LogP contribution in [0.4, 0.5) is 4.79 Å². The van der Waals surface area contributed by atoms with Crippen LogP contribution in [0.2, 0.25) is 0 Å². The third-order valence-electron chi connectivity index (χ3n) is 3.23. The zero-order valence-corrected chi connectivity index (χ0v) is 12.8. The molecule has 0 aromatic carbocycles. The van der Waals surface area contributed by atoms with Crippen molar-refractivity contribution in [1.82, 2.24) is 10.6 Å². The van der Waals surface area contributed by atoms with Crippen molar-refractivity contribution in [3.8, 4) is 0 Å². The van der Waals surface area contributed by atoms with Crippen molar-refractivity contribution < 1.29 is 14.3 Å². The molecule has 2 N–H and O–H groups in total. The molecule has 1 aromatic rings. The summed E-state index contributed by atoms with van der Waals surface area (Å²) in [6.45, 7) is 5.69. The molecule has 0 bridgehead atoms. The average Bonchev–Trinajstić information content (AvgIpc) is 3.01. The lowest BCUT2D eigenvalue weighted by Crippen LogP contribution is -2.43. The van der Waals surface area contributed by atoms with Crippen molar-refractivity contribution in [3.05, 3.63) is 22.4 Å². The third kappa shape index (κ3) is 4.77. The van der Waals surface area contributed by atoms with Crippen LogP contribution in [-0.4, -0.2) is 37.6 Å². The molecule has 6 heteroatoms. The third-order valence-corrected chi connectivity index (χ3v) is 4.13. The van der Waals surface area contributed by atoms with Crippen molar-refractivity contribution in [2.24, 2.45) is 0 Å². The smallest absolute Gasteiger partial charge is 0.315 e. The molecule has 0 spiro atoms. The largest absolute Gasteiger partial charge is 0.348 e. The Balaban J connectivity index is 1.62. The highest BCUT2D eigenvalue weighted by atomic mass is 32.1. The van der Waals surface area contributed by atoms with Crippen LogP contribution in [0.1, 0.15) is 25.1 Å². The highest BCUT2D eigenvalue weighted by Crippen LogP contribution is 2.21. The molecule has 0 aliphatic carbocycles. The summed E-state index contributed by atoms with van der Waals surface area (Å²) in [6, 6.07) is 4.07. The second kappa shape index (κ2) is 7.06. The molecular formula is C14H22N2O3S. The molecule has 2 amide bonds. The van der Waals surface area contributed by atoms with Gasteiger partial charge in [0.2, 0.25) is 0 Å². The van der Waals surface area contributed by atoms with Gasteiger partial charge in [-0.25, -0.2) is 4.79 Å². The Labute approximate surface area is 123 Å². The number of hydrogen-bond donors (Lipinski definition) is 2. The molecule has 0 saturated carbocycles. The van der Waals surface area contributed by atoms with Crippen molar-refractivity contribution in [1.29, 1.82) is 0 Å². The quantitative estimate of drug-likeness (QED) is 0.846. The predicted molar refractivity (Wildman–Crippen MR) is 78.9 cm³/mol. The standard InChI is InChI=1S/C14H22N2O3S/c1-11(10-12-4-3-9-20-12)16-13(17)15-6-5-14(2)18-7-8-19-14/h3-4,9,11H,5-8,10H2,1-2H3,(H2,15,16,17)/t11-/m1/s1. The maximum Gasteiger partial charge on any atom is 0.315 e. The number of carbonyl (C=O) groups is 1. The Morgan fingerprint density at radius 1 is 1.50 bits per heavy atom. The second-order valence-corrected chi connectivity index (χ2v) is 6.20. The van der Waals surface area contributed by atoms with Crippen LogP contribution in [0, 0.1) is 0 Å². The number of hydrogen-bond acceptors (Lipinski definition) is 4. The molecule has 1 saturated heterocycles. The van der Waals surface area contributed by atoms with Gasteiger partial charge in [-0.05, 0) is 25.3 Å². The summed E-state index contributed by atoms with van der Waals surface area (Å²) in [5.74, 6) is -0.546. The van der Waals surface area contributed by atoms with Gasteiger partial charge in [0.05, 0.1) is 13.2 Å². The monoisotopic (exact) mass is 298 g/mol. The Morgan fingerprint density at radius 2 is 2.25 bits per heavy atom. The van der Waals surface area contributed by atoms with Crippen molar-refractivity contribution >= 4 is 17.4 Å². The maximum atomic E-state index is 11.8. The molecule has 0 unspecified atom stereocenters. The lowest BCUT2D eigenvalue weighted by atomic mass is 10.2. The molecule has 1 aromatic heterocycles. The van der Waals surface area contributed by atoms with Gasteiger partial charge >= 0.3 is 6.03 Å². The van der Waals surface area contributed by atoms with Gasteiger partial charge in [0, 0.05) is 30.3 Å². The van der Waals surface area contributed by atoms with E-state index in [2.05, 4.69) is 16.7 Å². The fraction of sp³-hybridized carbons (Fsp3) is 0.643. The van der Waals surface area contributed by atoms with Gasteiger partial charge in [-0.3, -0.25) is 0 Å². The van der Waals surface area contributed by atoms with Gasteiger partial charge in [0.1, 0.15) is 0 Å². The van der Waals surface area contributed by atoms with Gasteiger partial charge in [-0.2, -0.15) is 0 Å². The summed E-state index contributed by atoms with van der Waals surface area (Å²) in [5, 5.41) is 7.82. The normalized spacial score (nSPS) is 18.7. The summed E-state index contributed by atoms with van der Waals surface area (Å²) in [7, 11) is 0. The van der Waals surface area contributed by atoms with Crippen LogP contribution in [-0.2, 0) is 15.9 Å². The zero-order valence-electron chi connectivity index (χ0n) is 12.0. The topological polar surface area (TPSA) is 59.6 Å². The van der Waals surface area contributed by atoms with E-state index in [1.807, 2.05) is 25.3 Å². The van der Waals surface area contributed by atoms with E-state index in [4.69, 9.17) is 9.47 Å². The number of amides is 2. The number of carbonyl (C=O) groups excluding carboxylic acids is 1. The van der Waals surface area contributed by atoms with E-state index >= 15 is 0 Å². The fourth-order valence-corrected chi connectivity index (χ4v) is 3.00. The molecule has 0 radical (unpaired) electrons. The molecule has 1 aliphatic rings. The average molecular weight is 298 g/mol. The highest BCUT2D eigenvalue weighted by molar-refractivity contribution is 7.09. The summed E-state index contributed by atoms with van der Waals surface area (Å²) < 4.78 is 11.0. The summed E-state index contributed by atoms with van der Waals surface area (Å²) in [6.07, 6.45) is 1.51. The van der Waals surface area contributed by atoms with Crippen LogP contribution < -0.4 is 10.6 Å². The Hall–Kier alpha value is -1.11. The molecule has 2 rings (SSSR count). The first-order valence-corrected chi connectivity index (χ1v) is 7.80. The second-order valence-electron chi connectivity index (χ2n) is 5.17. The van der Waals surface area contributed by atoms with Gasteiger partial charge < -0.3 is 20.1 Å². The number of ether oxygens (including phenoxy) is 2. The first-order valence-electron chi connectivity index (χ1n) is 6.92. The minimum absolute atomic E-state index is 0.114. The summed E-state index contributed by atoms with van der Waals surface area (Å²) >= 11 is 1.71. The van der Waals surface area contributed by atoms with Crippen LogP contribution in [0.3, 0.4) is 0 Å². The first kappa shape index (κ1) is 15.3. The minimum atomic E-state index is -0.546. The first-order chi connectivity index (χ1) is 9.57. The molecule has 112 valence electrons. The molecule has 20 heavy (non-hydrogen) atoms. The fourth-order valence-electron chi connectivity index (χ4n) is 2.16. The van der Waals surface area contributed by atoms with E-state index in [0.717, 1.165) is 6.42 Å². The van der Waals surface area contributed by atoms with Crippen LogP contribution >= 0.6 is 11.3 Å². The molecule has 5 nitrogen and oxygen atoms in total. The van der Waals surface area contributed by atoms with E-state index in [0.29, 0.717) is 26.2 Å². The van der Waals surface area contributed by atoms with Gasteiger partial charge in [0.15, 0.2) is 5.79 Å². The van der Waals surface area contributed by atoms with Gasteiger partial charge in [-0.15, -0.1) is 11.3 Å². The van der Waals surface area contributed by atoms with Crippen molar-refractivity contribution in [3.63, 3.8) is 0 Å². The Bertz CT molecular complexity index is 416. The van der Waals surface area contributed by atoms with Crippen LogP contribution in [0.25, 0.3) is 0 Å². The summed E-state index contributed by atoms with van der Waals surface area (Å²) in [5.41, 5.74) is 0. The molecule has 1 atom stereocenters. The molecular weight excluding hydrogens is 276 g/mol. The lowest BCUT2D eigenvalue weighted by Gasteiger charge is -2.22. The van der Waals surface area contributed by atoms with E-state index < -0.39 is 5.79 Å².